The fraction of sp³-hybridized carbons (Fsp3) is 0.400. The fourth-order valence-corrected chi connectivity index (χ4v) is 1.34. The first-order valence-electron chi connectivity index (χ1n) is 4.27. The molecule has 0 aliphatic rings. The van der Waals surface area contributed by atoms with Gasteiger partial charge in [-0.25, -0.2) is 4.39 Å². The minimum atomic E-state index is -1.41. The number of benzene rings is 1. The van der Waals surface area contributed by atoms with Gasteiger partial charge in [0.05, 0.1) is 0 Å². The molecule has 0 fully saturated rings. The van der Waals surface area contributed by atoms with Crippen LogP contribution in [-0.4, -0.2) is 6.54 Å². The molecule has 0 heterocycles. The molecule has 1 aromatic carbocycles. The predicted molar refractivity (Wildman–Crippen MR) is 53.6 cm³/mol. The van der Waals surface area contributed by atoms with Crippen LogP contribution in [0, 0.1) is 0 Å². The van der Waals surface area contributed by atoms with Crippen LogP contribution >= 0.6 is 11.6 Å². The van der Waals surface area contributed by atoms with E-state index in [1.165, 1.54) is 0 Å². The van der Waals surface area contributed by atoms with Gasteiger partial charge in [0.2, 0.25) is 0 Å². The number of halogens is 2. The molecule has 2 N–H and O–H groups in total. The van der Waals surface area contributed by atoms with Crippen LogP contribution in [0.4, 0.5) is 4.39 Å². The van der Waals surface area contributed by atoms with Gasteiger partial charge in [-0.1, -0.05) is 30.7 Å². The lowest BCUT2D eigenvalue weighted by Gasteiger charge is -2.22. The zero-order valence-corrected chi connectivity index (χ0v) is 8.31. The van der Waals surface area contributed by atoms with Crippen LogP contribution in [0.5, 0.6) is 0 Å². The van der Waals surface area contributed by atoms with Gasteiger partial charge in [0.1, 0.15) is 5.67 Å². The highest BCUT2D eigenvalue weighted by molar-refractivity contribution is 6.30. The van der Waals surface area contributed by atoms with E-state index in [9.17, 15) is 4.39 Å². The molecule has 0 aliphatic carbocycles. The zero-order chi connectivity index (χ0) is 9.90. The normalized spacial score (nSPS) is 15.4. The van der Waals surface area contributed by atoms with E-state index in [4.69, 9.17) is 17.3 Å². The Kier molecular flexibility index (Phi) is 3.28. The lowest BCUT2D eigenvalue weighted by atomic mass is 9.93. The Bertz CT molecular complexity index is 267. The molecule has 0 saturated carbocycles. The van der Waals surface area contributed by atoms with Crippen LogP contribution in [0.15, 0.2) is 24.3 Å². The molecule has 0 aliphatic heterocycles. The molecule has 1 aromatic rings. The van der Waals surface area contributed by atoms with E-state index in [0.29, 0.717) is 17.0 Å². The van der Waals surface area contributed by atoms with Crippen LogP contribution in [0.25, 0.3) is 0 Å². The lowest BCUT2D eigenvalue weighted by molar-refractivity contribution is 0.169. The smallest absolute Gasteiger partial charge is 0.147 e. The maximum atomic E-state index is 13.9. The van der Waals surface area contributed by atoms with Gasteiger partial charge in [-0.2, -0.15) is 0 Å². The maximum absolute atomic E-state index is 13.9. The van der Waals surface area contributed by atoms with Crippen molar-refractivity contribution < 1.29 is 4.39 Å². The van der Waals surface area contributed by atoms with E-state index < -0.39 is 5.67 Å². The molecule has 72 valence electrons. The molecule has 0 radical (unpaired) electrons. The Morgan fingerprint density at radius 1 is 1.38 bits per heavy atom. The van der Waals surface area contributed by atoms with Crippen LogP contribution in [0.3, 0.4) is 0 Å². The Morgan fingerprint density at radius 2 is 1.92 bits per heavy atom. The third kappa shape index (κ3) is 2.20. The Balaban J connectivity index is 2.99. The third-order valence-electron chi connectivity index (χ3n) is 2.25. The molecular weight excluding hydrogens is 189 g/mol. The predicted octanol–water partition coefficient (Wildman–Crippen LogP) is 2.87. The maximum Gasteiger partial charge on any atom is 0.147 e. The number of hydrogen-bond donors (Lipinski definition) is 1. The Labute approximate surface area is 82.7 Å². The van der Waals surface area contributed by atoms with Gasteiger partial charge in [0.15, 0.2) is 0 Å². The second-order valence-corrected chi connectivity index (χ2v) is 3.47. The average molecular weight is 202 g/mol. The molecule has 1 nitrogen and oxygen atoms in total. The second-order valence-electron chi connectivity index (χ2n) is 3.03. The lowest BCUT2D eigenvalue weighted by Crippen LogP contribution is -2.29. The molecule has 0 spiro atoms. The standard InChI is InChI=1S/C10H13ClFN/c1-2-10(12,7-13)8-3-5-9(11)6-4-8/h3-6H,2,7,13H2,1H3/t10-/m0/s1. The summed E-state index contributed by atoms with van der Waals surface area (Å²) in [6.45, 7) is 1.78. The summed E-state index contributed by atoms with van der Waals surface area (Å²) in [5.41, 5.74) is 4.57. The van der Waals surface area contributed by atoms with Crippen molar-refractivity contribution in [3.63, 3.8) is 0 Å². The molecular formula is C10H13ClFN. The van der Waals surface area contributed by atoms with E-state index >= 15 is 0 Å². The first kappa shape index (κ1) is 10.5. The van der Waals surface area contributed by atoms with Crippen molar-refractivity contribution in [2.45, 2.75) is 19.0 Å². The Morgan fingerprint density at radius 3 is 2.31 bits per heavy atom. The molecule has 0 unspecified atom stereocenters. The van der Waals surface area contributed by atoms with E-state index in [1.54, 1.807) is 31.2 Å². The van der Waals surface area contributed by atoms with E-state index in [1.807, 2.05) is 0 Å². The fourth-order valence-electron chi connectivity index (χ4n) is 1.21. The summed E-state index contributed by atoms with van der Waals surface area (Å²) in [6.07, 6.45) is 0.380. The zero-order valence-electron chi connectivity index (χ0n) is 7.56. The van der Waals surface area contributed by atoms with Gasteiger partial charge < -0.3 is 5.73 Å². The van der Waals surface area contributed by atoms with E-state index in [2.05, 4.69) is 0 Å². The van der Waals surface area contributed by atoms with Gasteiger partial charge in [0, 0.05) is 11.6 Å². The van der Waals surface area contributed by atoms with Crippen molar-refractivity contribution >= 4 is 11.6 Å². The van der Waals surface area contributed by atoms with Crippen LogP contribution < -0.4 is 5.73 Å². The second kappa shape index (κ2) is 4.07. The van der Waals surface area contributed by atoms with Crippen molar-refractivity contribution in [3.05, 3.63) is 34.9 Å². The molecule has 0 amide bonds. The summed E-state index contributed by atoms with van der Waals surface area (Å²) in [4.78, 5) is 0. The quantitative estimate of drug-likeness (QED) is 0.800. The summed E-state index contributed by atoms with van der Waals surface area (Å²) in [5, 5.41) is 0.610. The first-order chi connectivity index (χ1) is 6.12. The topological polar surface area (TPSA) is 26.0 Å². The van der Waals surface area contributed by atoms with Crippen molar-refractivity contribution in [2.24, 2.45) is 5.73 Å². The molecule has 3 heteroatoms. The molecule has 13 heavy (non-hydrogen) atoms. The van der Waals surface area contributed by atoms with Crippen molar-refractivity contribution in [1.82, 2.24) is 0 Å². The monoisotopic (exact) mass is 201 g/mol. The summed E-state index contributed by atoms with van der Waals surface area (Å²) in [6, 6.07) is 6.71. The number of rotatable bonds is 3. The van der Waals surface area contributed by atoms with Crippen LogP contribution in [-0.2, 0) is 5.67 Å². The molecule has 0 saturated heterocycles. The summed E-state index contributed by atoms with van der Waals surface area (Å²) >= 11 is 5.69. The minimum absolute atomic E-state index is 0.00509. The van der Waals surface area contributed by atoms with Gasteiger partial charge >= 0.3 is 0 Å². The van der Waals surface area contributed by atoms with Crippen molar-refractivity contribution in [3.8, 4) is 0 Å². The van der Waals surface area contributed by atoms with Gasteiger partial charge in [-0.3, -0.25) is 0 Å². The summed E-state index contributed by atoms with van der Waals surface area (Å²) in [5.74, 6) is 0. The van der Waals surface area contributed by atoms with Gasteiger partial charge in [0.25, 0.3) is 0 Å². The summed E-state index contributed by atoms with van der Waals surface area (Å²) in [7, 11) is 0. The first-order valence-corrected chi connectivity index (χ1v) is 4.65. The number of nitrogens with two attached hydrogens (primary N) is 1. The van der Waals surface area contributed by atoms with Crippen molar-refractivity contribution in [1.29, 1.82) is 0 Å². The Hall–Kier alpha value is -0.600. The average Bonchev–Trinajstić information content (AvgIpc) is 2.18. The largest absolute Gasteiger partial charge is 0.327 e. The number of hydrogen-bond acceptors (Lipinski definition) is 1. The highest BCUT2D eigenvalue weighted by atomic mass is 35.5. The van der Waals surface area contributed by atoms with Gasteiger partial charge in [-0.05, 0) is 24.1 Å². The minimum Gasteiger partial charge on any atom is -0.327 e. The van der Waals surface area contributed by atoms with E-state index in [-0.39, 0.29) is 6.54 Å². The van der Waals surface area contributed by atoms with Crippen molar-refractivity contribution in [2.75, 3.05) is 6.54 Å². The molecule has 1 rings (SSSR count). The van der Waals surface area contributed by atoms with Crippen LogP contribution in [0.1, 0.15) is 18.9 Å². The van der Waals surface area contributed by atoms with Crippen LogP contribution in [0.2, 0.25) is 5.02 Å². The third-order valence-corrected chi connectivity index (χ3v) is 2.50. The highest BCUT2D eigenvalue weighted by Crippen LogP contribution is 2.29. The SMILES string of the molecule is CC[C@](F)(CN)c1ccc(Cl)cc1. The number of alkyl halides is 1. The molecule has 1 atom stereocenters. The molecule has 0 aromatic heterocycles. The highest BCUT2D eigenvalue weighted by Gasteiger charge is 2.27. The van der Waals surface area contributed by atoms with Gasteiger partial charge in [-0.15, -0.1) is 0 Å². The molecule has 0 bridgehead atoms. The van der Waals surface area contributed by atoms with E-state index in [0.717, 1.165) is 0 Å². The summed E-state index contributed by atoms with van der Waals surface area (Å²) < 4.78 is 13.9.